The maximum absolute atomic E-state index is 14.4. The van der Waals surface area contributed by atoms with Gasteiger partial charge in [0.25, 0.3) is 0 Å². The molecule has 0 bridgehead atoms. The van der Waals surface area contributed by atoms with Gasteiger partial charge in [-0.3, -0.25) is 4.90 Å². The van der Waals surface area contributed by atoms with E-state index in [1.807, 2.05) is 51.1 Å². The number of ether oxygens (including phenoxy) is 4. The van der Waals surface area contributed by atoms with Gasteiger partial charge in [0.15, 0.2) is 12.1 Å². The van der Waals surface area contributed by atoms with Crippen molar-refractivity contribution in [3.8, 4) is 0 Å². The Morgan fingerprint density at radius 3 is 2.49 bits per heavy atom. The molecule has 0 spiro atoms. The third-order valence-corrected chi connectivity index (χ3v) is 11.4. The number of fused-ring (bicyclic) bond motifs is 1. The van der Waals surface area contributed by atoms with E-state index >= 15 is 0 Å². The van der Waals surface area contributed by atoms with Gasteiger partial charge in [0.05, 0.1) is 49.5 Å². The van der Waals surface area contributed by atoms with Crippen LogP contribution >= 0.6 is 0 Å². The lowest BCUT2D eigenvalue weighted by Gasteiger charge is -2.40. The van der Waals surface area contributed by atoms with Gasteiger partial charge in [-0.25, -0.2) is 13.2 Å². The minimum absolute atomic E-state index is 0.0719. The third kappa shape index (κ3) is 8.45. The van der Waals surface area contributed by atoms with E-state index in [0.29, 0.717) is 44.8 Å². The normalized spacial score (nSPS) is 23.8. The van der Waals surface area contributed by atoms with Crippen molar-refractivity contribution < 1.29 is 42.4 Å². The van der Waals surface area contributed by atoms with Crippen LogP contribution in [0.4, 0.5) is 10.5 Å². The monoisotopic (exact) mass is 675 g/mol. The molecule has 3 N–H and O–H groups in total. The summed E-state index contributed by atoms with van der Waals surface area (Å²) in [5.41, 5.74) is 0.894. The van der Waals surface area contributed by atoms with Crippen LogP contribution in [0.15, 0.2) is 59.5 Å². The van der Waals surface area contributed by atoms with Crippen LogP contribution in [-0.4, -0.2) is 111 Å². The molecule has 1 amide bonds. The number of carboxylic acid groups (broad SMARTS) is 1. The molecular formula is C34H49N3O9S. The number of hydrogen-bond acceptors (Lipinski definition) is 9. The van der Waals surface area contributed by atoms with E-state index in [4.69, 9.17) is 18.9 Å². The SMILES string of the molecule is CNc1cccc(S(=O)(=O)N(C[C@@H](O)[C@H](Cc2ccccc2)N(C(=O)O)[C@H]2CO[C@H]3OCC[C@H]32)CC(C)(C)CCC2(C)OCCO2)c1. The number of amides is 1. The van der Waals surface area contributed by atoms with Crippen molar-refractivity contribution in [1.29, 1.82) is 0 Å². The van der Waals surface area contributed by atoms with Gasteiger partial charge in [0, 0.05) is 38.2 Å². The van der Waals surface area contributed by atoms with E-state index in [1.165, 1.54) is 15.3 Å². The molecular weight excluding hydrogens is 626 g/mol. The molecule has 0 aromatic heterocycles. The van der Waals surface area contributed by atoms with Crippen LogP contribution in [0.25, 0.3) is 0 Å². The molecule has 5 atom stereocenters. The number of benzene rings is 2. The quantitative estimate of drug-likeness (QED) is 0.253. The van der Waals surface area contributed by atoms with E-state index in [2.05, 4.69) is 5.32 Å². The zero-order valence-electron chi connectivity index (χ0n) is 27.7. The average Bonchev–Trinajstić information content (AvgIpc) is 3.79. The molecule has 0 saturated carbocycles. The van der Waals surface area contributed by atoms with E-state index in [-0.39, 0.29) is 36.9 Å². The van der Waals surface area contributed by atoms with Crippen molar-refractivity contribution in [2.75, 3.05) is 51.9 Å². The second kappa shape index (κ2) is 14.8. The molecule has 260 valence electrons. The van der Waals surface area contributed by atoms with Gasteiger partial charge in [0.1, 0.15) is 0 Å². The number of hydrogen-bond donors (Lipinski definition) is 3. The van der Waals surface area contributed by atoms with E-state index < -0.39 is 51.8 Å². The Balaban J connectivity index is 1.47. The smallest absolute Gasteiger partial charge is 0.407 e. The first kappa shape index (κ1) is 35.5. The van der Waals surface area contributed by atoms with E-state index in [1.54, 1.807) is 25.2 Å². The van der Waals surface area contributed by atoms with Crippen molar-refractivity contribution in [2.45, 2.75) is 81.6 Å². The van der Waals surface area contributed by atoms with Crippen LogP contribution < -0.4 is 5.32 Å². The fourth-order valence-electron chi connectivity index (χ4n) is 6.90. The zero-order chi connectivity index (χ0) is 33.8. The maximum atomic E-state index is 14.4. The molecule has 3 heterocycles. The minimum Gasteiger partial charge on any atom is -0.465 e. The van der Waals surface area contributed by atoms with Crippen molar-refractivity contribution in [3.63, 3.8) is 0 Å². The lowest BCUT2D eigenvalue weighted by Crippen LogP contribution is -2.58. The topological polar surface area (TPSA) is 147 Å². The number of nitrogens with one attached hydrogen (secondary N) is 1. The molecule has 12 nitrogen and oxygen atoms in total. The first-order valence-corrected chi connectivity index (χ1v) is 17.8. The molecule has 3 fully saturated rings. The van der Waals surface area contributed by atoms with Crippen molar-refractivity contribution in [2.24, 2.45) is 11.3 Å². The molecule has 5 rings (SSSR count). The molecule has 3 aliphatic rings. The van der Waals surface area contributed by atoms with Crippen LogP contribution in [0.1, 0.15) is 45.6 Å². The van der Waals surface area contributed by atoms with Gasteiger partial charge in [-0.2, -0.15) is 4.31 Å². The van der Waals surface area contributed by atoms with Crippen LogP contribution in [0.3, 0.4) is 0 Å². The maximum Gasteiger partial charge on any atom is 0.407 e. The number of nitrogens with zero attached hydrogens (tertiary/aromatic N) is 2. The molecule has 47 heavy (non-hydrogen) atoms. The summed E-state index contributed by atoms with van der Waals surface area (Å²) in [6.45, 7) is 7.21. The van der Waals surface area contributed by atoms with Crippen molar-refractivity contribution >= 4 is 21.8 Å². The van der Waals surface area contributed by atoms with Gasteiger partial charge in [-0.1, -0.05) is 50.2 Å². The number of aliphatic hydroxyl groups is 1. The number of rotatable bonds is 15. The van der Waals surface area contributed by atoms with Gasteiger partial charge in [-0.05, 0) is 55.4 Å². The summed E-state index contributed by atoms with van der Waals surface area (Å²) in [6.07, 6.45) is -1.11. The lowest BCUT2D eigenvalue weighted by molar-refractivity contribution is -0.151. The van der Waals surface area contributed by atoms with Gasteiger partial charge in [-0.15, -0.1) is 0 Å². The summed E-state index contributed by atoms with van der Waals surface area (Å²) >= 11 is 0. The second-order valence-electron chi connectivity index (χ2n) is 13.7. The van der Waals surface area contributed by atoms with Crippen LogP contribution in [-0.2, 0) is 35.4 Å². The lowest BCUT2D eigenvalue weighted by atomic mass is 9.86. The summed E-state index contributed by atoms with van der Waals surface area (Å²) in [5, 5.41) is 25.7. The molecule has 3 aliphatic heterocycles. The summed E-state index contributed by atoms with van der Waals surface area (Å²) < 4.78 is 53.2. The Labute approximate surface area is 278 Å². The highest BCUT2D eigenvalue weighted by molar-refractivity contribution is 7.89. The summed E-state index contributed by atoms with van der Waals surface area (Å²) in [4.78, 5) is 14.4. The van der Waals surface area contributed by atoms with Crippen molar-refractivity contribution in [1.82, 2.24) is 9.21 Å². The number of sulfonamides is 1. The summed E-state index contributed by atoms with van der Waals surface area (Å²) in [6, 6.07) is 14.3. The van der Waals surface area contributed by atoms with Gasteiger partial charge in [0.2, 0.25) is 10.0 Å². The molecule has 13 heteroatoms. The summed E-state index contributed by atoms with van der Waals surface area (Å²) in [5.74, 6) is -0.920. The molecule has 2 aromatic carbocycles. The van der Waals surface area contributed by atoms with Crippen molar-refractivity contribution in [3.05, 3.63) is 60.2 Å². The number of anilines is 1. The highest BCUT2D eigenvalue weighted by Crippen LogP contribution is 2.37. The number of carbonyl (C=O) groups is 1. The highest BCUT2D eigenvalue weighted by Gasteiger charge is 2.49. The number of aliphatic hydroxyl groups excluding tert-OH is 1. The molecule has 2 aromatic rings. The minimum atomic E-state index is -4.14. The fraction of sp³-hybridized carbons (Fsp3) is 0.618. The Morgan fingerprint density at radius 2 is 1.81 bits per heavy atom. The molecule has 0 unspecified atom stereocenters. The highest BCUT2D eigenvalue weighted by atomic mass is 32.2. The van der Waals surface area contributed by atoms with Crippen LogP contribution in [0.2, 0.25) is 0 Å². The van der Waals surface area contributed by atoms with Gasteiger partial charge < -0.3 is 34.5 Å². The molecule has 3 saturated heterocycles. The Hall–Kier alpha value is -2.78. The zero-order valence-corrected chi connectivity index (χ0v) is 28.5. The standard InChI is InChI=1S/C34H49N3O9S/c1-33(2,14-15-34(3)45-17-18-46-34)23-36(47(41,42)26-12-8-11-25(20-26)35-4)21-30(38)28(19-24-9-6-5-7-10-24)37(32(39)40)29-22-44-31-27(29)13-16-43-31/h5-12,20,27-31,35,38H,13-19,21-23H2,1-4H3,(H,39,40)/t27-,28-,29-,30+,31+/m0/s1. The Bertz CT molecular complexity index is 1450. The predicted molar refractivity (Wildman–Crippen MR) is 175 cm³/mol. The van der Waals surface area contributed by atoms with Crippen LogP contribution in [0.5, 0.6) is 0 Å². The van der Waals surface area contributed by atoms with Crippen LogP contribution in [0, 0.1) is 11.3 Å². The molecule has 0 radical (unpaired) electrons. The Kier molecular flexibility index (Phi) is 11.2. The third-order valence-electron chi connectivity index (χ3n) is 9.59. The first-order valence-electron chi connectivity index (χ1n) is 16.3. The van der Waals surface area contributed by atoms with E-state index in [0.717, 1.165) is 5.56 Å². The molecule has 0 aliphatic carbocycles. The average molecular weight is 676 g/mol. The van der Waals surface area contributed by atoms with Gasteiger partial charge >= 0.3 is 6.09 Å². The second-order valence-corrected chi connectivity index (χ2v) is 15.6. The first-order chi connectivity index (χ1) is 22.3. The summed E-state index contributed by atoms with van der Waals surface area (Å²) in [7, 11) is -2.43. The Morgan fingerprint density at radius 1 is 1.09 bits per heavy atom. The largest absolute Gasteiger partial charge is 0.465 e. The predicted octanol–water partition coefficient (Wildman–Crippen LogP) is 4.00. The van der Waals surface area contributed by atoms with E-state index in [9.17, 15) is 23.4 Å². The fourth-order valence-corrected chi connectivity index (χ4v) is 8.59.